The molecule has 0 radical (unpaired) electrons. The fourth-order valence-corrected chi connectivity index (χ4v) is 4.04. The lowest BCUT2D eigenvalue weighted by atomic mass is 10.1. The van der Waals surface area contributed by atoms with Crippen LogP contribution in [-0.2, 0) is 16.1 Å². The molecule has 1 atom stereocenters. The number of amides is 1. The number of carbonyl (C=O) groups is 3. The van der Waals surface area contributed by atoms with Gasteiger partial charge in [0.25, 0.3) is 5.91 Å². The summed E-state index contributed by atoms with van der Waals surface area (Å²) in [5.74, 6) is -0.605. The van der Waals surface area contributed by atoms with Crippen LogP contribution in [-0.4, -0.2) is 33.5 Å². The average molecular weight is 428 g/mol. The van der Waals surface area contributed by atoms with Crippen molar-refractivity contribution in [2.24, 2.45) is 5.92 Å². The van der Waals surface area contributed by atoms with Gasteiger partial charge in [-0.1, -0.05) is 13.8 Å². The quantitative estimate of drug-likeness (QED) is 0.444. The lowest BCUT2D eigenvalue weighted by molar-refractivity contribution is -0.123. The van der Waals surface area contributed by atoms with E-state index in [1.165, 1.54) is 25.2 Å². The second-order valence-electron chi connectivity index (χ2n) is 7.66. The molecule has 0 saturated carbocycles. The summed E-state index contributed by atoms with van der Waals surface area (Å²) in [7, 11) is 0. The maximum atomic E-state index is 12.6. The maximum Gasteiger partial charge on any atom is 0.349 e. The normalized spacial score (nSPS) is 12.2. The molecule has 3 aromatic rings. The summed E-state index contributed by atoms with van der Waals surface area (Å²) in [6.45, 7) is 9.90. The van der Waals surface area contributed by atoms with Crippen LogP contribution in [0.3, 0.4) is 0 Å². The molecule has 0 bridgehead atoms. The number of nitrogens with one attached hydrogen (secondary N) is 1. The molecule has 2 aromatic heterocycles. The molecule has 1 unspecified atom stereocenters. The molecular weight excluding hydrogens is 402 g/mol. The highest BCUT2D eigenvalue weighted by atomic mass is 32.1. The number of esters is 1. The lowest BCUT2D eigenvalue weighted by Gasteiger charge is -2.13. The van der Waals surface area contributed by atoms with Gasteiger partial charge in [-0.15, -0.1) is 11.3 Å². The van der Waals surface area contributed by atoms with E-state index in [0.717, 1.165) is 22.5 Å². The highest BCUT2D eigenvalue weighted by Crippen LogP contribution is 2.29. The number of aryl methyl sites for hydroxylation is 1. The number of fused-ring (bicyclic) bond motifs is 1. The van der Waals surface area contributed by atoms with E-state index < -0.39 is 18.0 Å². The van der Waals surface area contributed by atoms with Crippen molar-refractivity contribution in [3.8, 4) is 0 Å². The zero-order valence-corrected chi connectivity index (χ0v) is 18.5. The zero-order chi connectivity index (χ0) is 22.0. The number of benzene rings is 1. The van der Waals surface area contributed by atoms with Crippen LogP contribution in [0, 0.1) is 12.8 Å². The topological polar surface area (TPSA) is 90.3 Å². The molecule has 0 fully saturated rings. The molecule has 3 rings (SSSR count). The first-order valence-electron chi connectivity index (χ1n) is 9.75. The molecule has 0 aliphatic rings. The Morgan fingerprint density at radius 3 is 2.43 bits per heavy atom. The van der Waals surface area contributed by atoms with Gasteiger partial charge >= 0.3 is 5.97 Å². The number of anilines is 1. The van der Waals surface area contributed by atoms with Gasteiger partial charge < -0.3 is 10.1 Å². The summed E-state index contributed by atoms with van der Waals surface area (Å²) < 4.78 is 7.28. The molecule has 1 aromatic carbocycles. The molecule has 0 aliphatic carbocycles. The third-order valence-electron chi connectivity index (χ3n) is 4.56. The molecule has 2 heterocycles. The van der Waals surface area contributed by atoms with E-state index in [1.807, 2.05) is 11.6 Å². The summed E-state index contributed by atoms with van der Waals surface area (Å²) >= 11 is 1.32. The molecular formula is C22H25N3O4S. The van der Waals surface area contributed by atoms with E-state index in [0.29, 0.717) is 22.0 Å². The van der Waals surface area contributed by atoms with Gasteiger partial charge in [-0.3, -0.25) is 14.3 Å². The fraction of sp³-hybridized carbons (Fsp3) is 0.364. The lowest BCUT2D eigenvalue weighted by Crippen LogP contribution is -2.29. The van der Waals surface area contributed by atoms with Gasteiger partial charge in [0.15, 0.2) is 11.9 Å². The zero-order valence-electron chi connectivity index (χ0n) is 17.7. The minimum Gasteiger partial charge on any atom is -0.448 e. The van der Waals surface area contributed by atoms with E-state index in [-0.39, 0.29) is 5.78 Å². The van der Waals surface area contributed by atoms with E-state index in [4.69, 9.17) is 4.74 Å². The van der Waals surface area contributed by atoms with Crippen molar-refractivity contribution in [1.29, 1.82) is 0 Å². The minimum absolute atomic E-state index is 0.0507. The number of hydrogen-bond donors (Lipinski definition) is 1. The van der Waals surface area contributed by atoms with Crippen LogP contribution in [0.5, 0.6) is 0 Å². The van der Waals surface area contributed by atoms with Crippen molar-refractivity contribution in [3.63, 3.8) is 0 Å². The van der Waals surface area contributed by atoms with E-state index in [1.54, 1.807) is 30.3 Å². The van der Waals surface area contributed by atoms with Crippen molar-refractivity contribution < 1.29 is 19.1 Å². The van der Waals surface area contributed by atoms with Crippen LogP contribution in [0.1, 0.15) is 53.4 Å². The molecule has 1 amide bonds. The molecule has 1 N–H and O–H groups in total. The Hall–Kier alpha value is -3.00. The van der Waals surface area contributed by atoms with Crippen LogP contribution in [0.2, 0.25) is 0 Å². The van der Waals surface area contributed by atoms with Crippen molar-refractivity contribution in [2.75, 3.05) is 5.32 Å². The fourth-order valence-electron chi connectivity index (χ4n) is 2.99. The largest absolute Gasteiger partial charge is 0.448 e. The molecule has 158 valence electrons. The first-order chi connectivity index (χ1) is 14.2. The van der Waals surface area contributed by atoms with Crippen LogP contribution in [0.4, 0.5) is 5.69 Å². The van der Waals surface area contributed by atoms with Crippen molar-refractivity contribution in [3.05, 3.63) is 46.5 Å². The van der Waals surface area contributed by atoms with Crippen molar-refractivity contribution >= 4 is 44.9 Å². The third-order valence-corrected chi connectivity index (χ3v) is 5.69. The monoisotopic (exact) mass is 427 g/mol. The Morgan fingerprint density at radius 2 is 1.83 bits per heavy atom. The maximum absolute atomic E-state index is 12.6. The standard InChI is InChI=1S/C22H25N3O4S/c1-12(2)11-25-21-18(13(3)24-25)10-19(30-21)22(28)29-15(5)20(27)23-17-8-6-16(7-9-17)14(4)26/h6-10,12,15H,11H2,1-5H3,(H,23,27). The molecule has 8 heteroatoms. The van der Waals surface area contributed by atoms with Crippen molar-refractivity contribution in [2.45, 2.75) is 47.3 Å². The molecule has 0 saturated heterocycles. The molecule has 0 spiro atoms. The smallest absolute Gasteiger partial charge is 0.349 e. The van der Waals surface area contributed by atoms with Gasteiger partial charge in [0.1, 0.15) is 9.71 Å². The highest BCUT2D eigenvalue weighted by molar-refractivity contribution is 7.20. The highest BCUT2D eigenvalue weighted by Gasteiger charge is 2.22. The van der Waals surface area contributed by atoms with E-state index in [9.17, 15) is 14.4 Å². The Balaban J connectivity index is 1.67. The number of thiophene rings is 1. The number of carbonyl (C=O) groups excluding carboxylic acids is 3. The summed E-state index contributed by atoms with van der Waals surface area (Å²) in [4.78, 5) is 37.7. The van der Waals surface area contributed by atoms with Gasteiger partial charge in [0, 0.05) is 23.2 Å². The number of hydrogen-bond acceptors (Lipinski definition) is 6. The number of Topliss-reactive ketones (excluding diaryl/α,β-unsaturated/α-hetero) is 1. The Morgan fingerprint density at radius 1 is 1.17 bits per heavy atom. The molecule has 7 nitrogen and oxygen atoms in total. The number of aromatic nitrogens is 2. The van der Waals surface area contributed by atoms with Crippen LogP contribution in [0.25, 0.3) is 10.2 Å². The van der Waals surface area contributed by atoms with Crippen LogP contribution < -0.4 is 5.32 Å². The minimum atomic E-state index is -0.969. The number of rotatable bonds is 7. The first kappa shape index (κ1) is 21.7. The third kappa shape index (κ3) is 4.76. The Labute approximate surface area is 179 Å². The number of nitrogens with zero attached hydrogens (tertiary/aromatic N) is 2. The van der Waals surface area contributed by atoms with Crippen molar-refractivity contribution in [1.82, 2.24) is 9.78 Å². The van der Waals surface area contributed by atoms with Crippen LogP contribution in [0.15, 0.2) is 30.3 Å². The average Bonchev–Trinajstić information content (AvgIpc) is 3.23. The summed E-state index contributed by atoms with van der Waals surface area (Å²) in [5, 5.41) is 8.15. The van der Waals surface area contributed by atoms with Gasteiger partial charge in [0.05, 0.1) is 5.69 Å². The summed E-state index contributed by atoms with van der Waals surface area (Å²) in [6, 6.07) is 8.31. The van der Waals surface area contributed by atoms with Crippen LogP contribution >= 0.6 is 11.3 Å². The predicted octanol–water partition coefficient (Wildman–Crippen LogP) is 4.45. The summed E-state index contributed by atoms with van der Waals surface area (Å²) in [5.41, 5.74) is 1.95. The molecule has 0 aliphatic heterocycles. The van der Waals surface area contributed by atoms with Gasteiger partial charge in [0.2, 0.25) is 0 Å². The summed E-state index contributed by atoms with van der Waals surface area (Å²) in [6.07, 6.45) is -0.969. The Kier molecular flexibility index (Phi) is 6.36. The van der Waals surface area contributed by atoms with Gasteiger partial charge in [-0.05, 0) is 57.0 Å². The van der Waals surface area contributed by atoms with Gasteiger partial charge in [-0.25, -0.2) is 4.79 Å². The Bertz CT molecular complexity index is 1100. The first-order valence-corrected chi connectivity index (χ1v) is 10.6. The second kappa shape index (κ2) is 8.79. The van der Waals surface area contributed by atoms with E-state index in [2.05, 4.69) is 24.3 Å². The SMILES string of the molecule is CC(=O)c1ccc(NC(=O)C(C)OC(=O)c2cc3c(C)nn(CC(C)C)c3s2)cc1. The van der Waals surface area contributed by atoms with E-state index >= 15 is 0 Å². The predicted molar refractivity (Wildman–Crippen MR) is 117 cm³/mol. The second-order valence-corrected chi connectivity index (χ2v) is 8.69. The number of ether oxygens (including phenoxy) is 1. The number of ketones is 1. The van der Waals surface area contributed by atoms with Gasteiger partial charge in [-0.2, -0.15) is 5.10 Å². The molecule has 30 heavy (non-hydrogen) atoms.